The first kappa shape index (κ1) is 7.28. The third-order valence-corrected chi connectivity index (χ3v) is 1.44. The Morgan fingerprint density at radius 2 is 2.60 bits per heavy atom. The van der Waals surface area contributed by atoms with Gasteiger partial charge in [-0.05, 0) is 6.42 Å². The van der Waals surface area contributed by atoms with E-state index in [1.165, 1.54) is 0 Å². The number of aliphatic imine (C=N–C) groups is 1. The second kappa shape index (κ2) is 3.37. The molecule has 0 fully saturated rings. The summed E-state index contributed by atoms with van der Waals surface area (Å²) < 4.78 is 0. The van der Waals surface area contributed by atoms with Crippen molar-refractivity contribution >= 4 is 6.21 Å². The third-order valence-electron chi connectivity index (χ3n) is 1.44. The van der Waals surface area contributed by atoms with Crippen LogP contribution in [0.25, 0.3) is 0 Å². The molecule has 56 valence electrons. The van der Waals surface area contributed by atoms with Crippen LogP contribution in [-0.4, -0.2) is 24.0 Å². The van der Waals surface area contributed by atoms with Crippen LogP contribution in [-0.2, 0) is 0 Å². The summed E-state index contributed by atoms with van der Waals surface area (Å²) in [5.41, 5.74) is 1.03. The molecule has 0 aromatic rings. The van der Waals surface area contributed by atoms with Gasteiger partial charge in [-0.25, -0.2) is 0 Å². The predicted molar refractivity (Wildman–Crippen MR) is 40.9 cm³/mol. The number of hydrogen-bond acceptors (Lipinski definition) is 3. The van der Waals surface area contributed by atoms with Gasteiger partial charge < -0.3 is 10.4 Å². The number of nitrogens with zero attached hydrogens (tertiary/aromatic N) is 1. The summed E-state index contributed by atoms with van der Waals surface area (Å²) in [7, 11) is 0. The quantitative estimate of drug-likeness (QED) is 0.578. The Bertz CT molecular complexity index is 163. The Kier molecular flexibility index (Phi) is 2.45. The fourth-order valence-corrected chi connectivity index (χ4v) is 0.762. The first-order chi connectivity index (χ1) is 4.86. The zero-order chi connectivity index (χ0) is 7.40. The summed E-state index contributed by atoms with van der Waals surface area (Å²) in [4.78, 5) is 4.11. The first-order valence-electron chi connectivity index (χ1n) is 3.47. The fourth-order valence-electron chi connectivity index (χ4n) is 0.762. The van der Waals surface area contributed by atoms with Gasteiger partial charge in [0.05, 0.1) is 18.3 Å². The molecule has 3 nitrogen and oxygen atoms in total. The number of aliphatic hydroxyl groups is 1. The molecule has 3 heteroatoms. The van der Waals surface area contributed by atoms with Crippen molar-refractivity contribution in [2.75, 3.05) is 6.61 Å². The van der Waals surface area contributed by atoms with Crippen LogP contribution in [0.1, 0.15) is 13.3 Å². The van der Waals surface area contributed by atoms with Crippen molar-refractivity contribution in [1.29, 1.82) is 0 Å². The molecule has 10 heavy (non-hydrogen) atoms. The van der Waals surface area contributed by atoms with E-state index in [4.69, 9.17) is 5.11 Å². The summed E-state index contributed by atoms with van der Waals surface area (Å²) in [5, 5.41) is 11.7. The van der Waals surface area contributed by atoms with Gasteiger partial charge >= 0.3 is 0 Å². The molecule has 0 saturated heterocycles. The highest BCUT2D eigenvalue weighted by Gasteiger charge is 2.04. The molecule has 1 unspecified atom stereocenters. The lowest BCUT2D eigenvalue weighted by Crippen LogP contribution is -2.32. The molecule has 0 radical (unpaired) electrons. The van der Waals surface area contributed by atoms with Crippen molar-refractivity contribution in [2.45, 2.75) is 19.4 Å². The van der Waals surface area contributed by atoms with E-state index in [0.717, 1.165) is 12.1 Å². The number of aliphatic hydroxyl groups excluding tert-OH is 1. The van der Waals surface area contributed by atoms with Crippen molar-refractivity contribution in [3.05, 3.63) is 11.9 Å². The molecule has 1 rings (SSSR count). The maximum Gasteiger partial charge on any atom is 0.0843 e. The van der Waals surface area contributed by atoms with Crippen molar-refractivity contribution in [3.63, 3.8) is 0 Å². The highest BCUT2D eigenvalue weighted by molar-refractivity contribution is 5.67. The first-order valence-corrected chi connectivity index (χ1v) is 3.47. The second-order valence-corrected chi connectivity index (χ2v) is 2.22. The van der Waals surface area contributed by atoms with Gasteiger partial charge in [-0.2, -0.15) is 0 Å². The van der Waals surface area contributed by atoms with Crippen LogP contribution in [0.4, 0.5) is 0 Å². The molecule has 0 aromatic heterocycles. The normalized spacial score (nSPS) is 23.8. The maximum atomic E-state index is 8.67. The molecule has 0 aromatic carbocycles. The Hall–Kier alpha value is -0.830. The molecule has 1 atom stereocenters. The molecule has 2 N–H and O–H groups in total. The van der Waals surface area contributed by atoms with Crippen molar-refractivity contribution in [2.24, 2.45) is 4.99 Å². The monoisotopic (exact) mass is 140 g/mol. The Morgan fingerprint density at radius 1 is 1.80 bits per heavy atom. The van der Waals surface area contributed by atoms with Gasteiger partial charge in [-0.3, -0.25) is 4.99 Å². The lowest BCUT2D eigenvalue weighted by atomic mass is 10.3. The van der Waals surface area contributed by atoms with Gasteiger partial charge in [0, 0.05) is 12.4 Å². The standard InChI is InChI=1S/C7H12N2O/c1-2-6-3-9-7(5-10)4-8-6/h3-4,7,9-10H,2,5H2,1H3. The molecule has 0 saturated carbocycles. The largest absolute Gasteiger partial charge is 0.394 e. The van der Waals surface area contributed by atoms with Crippen LogP contribution in [0.15, 0.2) is 16.9 Å². The van der Waals surface area contributed by atoms with Crippen LogP contribution in [0.5, 0.6) is 0 Å². The lowest BCUT2D eigenvalue weighted by molar-refractivity contribution is 0.280. The van der Waals surface area contributed by atoms with Gasteiger partial charge in [-0.15, -0.1) is 0 Å². The van der Waals surface area contributed by atoms with E-state index in [9.17, 15) is 0 Å². The van der Waals surface area contributed by atoms with Gasteiger partial charge in [0.1, 0.15) is 0 Å². The van der Waals surface area contributed by atoms with Crippen LogP contribution in [0.2, 0.25) is 0 Å². The van der Waals surface area contributed by atoms with Gasteiger partial charge in [0.25, 0.3) is 0 Å². The summed E-state index contributed by atoms with van der Waals surface area (Å²) in [6.45, 7) is 2.15. The van der Waals surface area contributed by atoms with E-state index in [0.29, 0.717) is 0 Å². The van der Waals surface area contributed by atoms with Gasteiger partial charge in [-0.1, -0.05) is 6.92 Å². The fraction of sp³-hybridized carbons (Fsp3) is 0.571. The van der Waals surface area contributed by atoms with Crippen molar-refractivity contribution < 1.29 is 5.11 Å². The van der Waals surface area contributed by atoms with Crippen LogP contribution in [0, 0.1) is 0 Å². The van der Waals surface area contributed by atoms with Crippen LogP contribution < -0.4 is 5.32 Å². The molecule has 0 bridgehead atoms. The number of allylic oxidation sites excluding steroid dienone is 1. The Labute approximate surface area is 60.5 Å². The third kappa shape index (κ3) is 1.57. The van der Waals surface area contributed by atoms with E-state index in [2.05, 4.69) is 10.3 Å². The molecule has 1 aliphatic rings. The number of hydrogen-bond donors (Lipinski definition) is 2. The smallest absolute Gasteiger partial charge is 0.0843 e. The van der Waals surface area contributed by atoms with E-state index >= 15 is 0 Å². The minimum atomic E-state index is 0.00954. The average Bonchev–Trinajstić information content (AvgIpc) is 2.05. The molecule has 1 heterocycles. The highest BCUT2D eigenvalue weighted by atomic mass is 16.3. The van der Waals surface area contributed by atoms with Gasteiger partial charge in [0.2, 0.25) is 0 Å². The minimum Gasteiger partial charge on any atom is -0.394 e. The van der Waals surface area contributed by atoms with Crippen molar-refractivity contribution in [3.8, 4) is 0 Å². The maximum absolute atomic E-state index is 8.67. The van der Waals surface area contributed by atoms with E-state index in [1.54, 1.807) is 6.21 Å². The van der Waals surface area contributed by atoms with E-state index in [-0.39, 0.29) is 12.6 Å². The predicted octanol–water partition coefficient (Wildman–Crippen LogP) is 0.273. The van der Waals surface area contributed by atoms with Crippen LogP contribution >= 0.6 is 0 Å². The molecule has 1 aliphatic heterocycles. The number of rotatable bonds is 2. The lowest BCUT2D eigenvalue weighted by Gasteiger charge is -2.14. The summed E-state index contributed by atoms with van der Waals surface area (Å²) in [5.74, 6) is 0. The topological polar surface area (TPSA) is 44.6 Å². The zero-order valence-corrected chi connectivity index (χ0v) is 6.04. The highest BCUT2D eigenvalue weighted by Crippen LogP contribution is 2.03. The van der Waals surface area contributed by atoms with E-state index in [1.807, 2.05) is 13.1 Å². The zero-order valence-electron chi connectivity index (χ0n) is 6.04. The Morgan fingerprint density at radius 3 is 3.00 bits per heavy atom. The summed E-state index contributed by atoms with van der Waals surface area (Å²) in [6.07, 6.45) is 4.52. The Balaban J connectivity index is 2.46. The van der Waals surface area contributed by atoms with E-state index < -0.39 is 0 Å². The second-order valence-electron chi connectivity index (χ2n) is 2.22. The SMILES string of the molecule is CCC1=CNC(CO)C=N1. The molecular formula is C7H12N2O. The molecular weight excluding hydrogens is 128 g/mol. The number of nitrogens with one attached hydrogen (secondary N) is 1. The van der Waals surface area contributed by atoms with Crippen LogP contribution in [0.3, 0.4) is 0 Å². The molecule has 0 aliphatic carbocycles. The average molecular weight is 140 g/mol. The summed E-state index contributed by atoms with van der Waals surface area (Å²) in [6, 6.07) is 0.00954. The molecule has 0 amide bonds. The minimum absolute atomic E-state index is 0.00954. The van der Waals surface area contributed by atoms with Gasteiger partial charge in [0.15, 0.2) is 0 Å². The summed E-state index contributed by atoms with van der Waals surface area (Å²) >= 11 is 0. The van der Waals surface area contributed by atoms with Crippen molar-refractivity contribution in [1.82, 2.24) is 5.32 Å². The molecule has 0 spiro atoms.